The molecule has 106 valence electrons. The van der Waals surface area contributed by atoms with E-state index in [1.165, 1.54) is 0 Å². The van der Waals surface area contributed by atoms with Gasteiger partial charge in [0, 0.05) is 24.5 Å². The molecule has 0 bridgehead atoms. The van der Waals surface area contributed by atoms with Crippen molar-refractivity contribution in [2.75, 3.05) is 13.1 Å². The zero-order chi connectivity index (χ0) is 14.1. The molecular formula is C15H17ClN2O2. The van der Waals surface area contributed by atoms with Crippen molar-refractivity contribution in [1.29, 1.82) is 0 Å². The quantitative estimate of drug-likeness (QED) is 0.908. The summed E-state index contributed by atoms with van der Waals surface area (Å²) in [5.74, 6) is -0.173. The third-order valence-electron chi connectivity index (χ3n) is 4.13. The van der Waals surface area contributed by atoms with Crippen molar-refractivity contribution >= 4 is 23.4 Å². The fourth-order valence-corrected chi connectivity index (χ4v) is 3.38. The number of carbonyl (C=O) groups is 2. The van der Waals surface area contributed by atoms with Gasteiger partial charge in [-0.3, -0.25) is 9.59 Å². The second kappa shape index (κ2) is 5.44. The minimum absolute atomic E-state index is 0.0307. The van der Waals surface area contributed by atoms with Gasteiger partial charge >= 0.3 is 0 Å². The molecule has 1 N–H and O–H groups in total. The Morgan fingerprint density at radius 3 is 2.85 bits per heavy atom. The summed E-state index contributed by atoms with van der Waals surface area (Å²) in [7, 11) is 0. The SMILES string of the molecule is O=C1CC(C(=O)N2CCCC2c2ccccc2Cl)CN1. The maximum absolute atomic E-state index is 12.6. The van der Waals surface area contributed by atoms with Crippen LogP contribution in [-0.2, 0) is 9.59 Å². The van der Waals surface area contributed by atoms with Gasteiger partial charge in [-0.1, -0.05) is 29.8 Å². The van der Waals surface area contributed by atoms with Crippen LogP contribution in [-0.4, -0.2) is 29.8 Å². The molecule has 0 saturated carbocycles. The molecule has 2 atom stereocenters. The van der Waals surface area contributed by atoms with E-state index in [4.69, 9.17) is 11.6 Å². The zero-order valence-electron chi connectivity index (χ0n) is 11.1. The highest BCUT2D eigenvalue weighted by molar-refractivity contribution is 6.31. The Bertz CT molecular complexity index is 546. The number of nitrogens with zero attached hydrogens (tertiary/aromatic N) is 1. The van der Waals surface area contributed by atoms with E-state index in [9.17, 15) is 9.59 Å². The van der Waals surface area contributed by atoms with E-state index >= 15 is 0 Å². The summed E-state index contributed by atoms with van der Waals surface area (Å²) in [5.41, 5.74) is 1.01. The molecule has 2 saturated heterocycles. The maximum Gasteiger partial charge on any atom is 0.228 e. The molecule has 1 aromatic rings. The lowest BCUT2D eigenvalue weighted by Crippen LogP contribution is -2.36. The largest absolute Gasteiger partial charge is 0.355 e. The molecular weight excluding hydrogens is 276 g/mol. The van der Waals surface area contributed by atoms with Crippen molar-refractivity contribution in [2.45, 2.75) is 25.3 Å². The Balaban J connectivity index is 1.81. The topological polar surface area (TPSA) is 49.4 Å². The number of likely N-dealkylation sites (tertiary alicyclic amines) is 1. The molecule has 0 radical (unpaired) electrons. The first-order valence-electron chi connectivity index (χ1n) is 6.98. The summed E-state index contributed by atoms with van der Waals surface area (Å²) in [5, 5.41) is 3.43. The molecule has 1 aromatic carbocycles. The highest BCUT2D eigenvalue weighted by Crippen LogP contribution is 2.36. The number of amides is 2. The number of hydrogen-bond donors (Lipinski definition) is 1. The van der Waals surface area contributed by atoms with Crippen LogP contribution in [0.2, 0.25) is 5.02 Å². The molecule has 0 aliphatic carbocycles. The van der Waals surface area contributed by atoms with Crippen LogP contribution in [0.15, 0.2) is 24.3 Å². The van der Waals surface area contributed by atoms with E-state index in [1.54, 1.807) is 0 Å². The van der Waals surface area contributed by atoms with Crippen LogP contribution in [0, 0.1) is 5.92 Å². The standard InChI is InChI=1S/C15H17ClN2O2/c16-12-5-2-1-4-11(12)13-6-3-7-18(13)15(20)10-8-14(19)17-9-10/h1-2,4-5,10,13H,3,6-9H2,(H,17,19). The Morgan fingerprint density at radius 1 is 1.35 bits per heavy atom. The molecule has 2 aliphatic rings. The van der Waals surface area contributed by atoms with E-state index in [-0.39, 0.29) is 23.8 Å². The lowest BCUT2D eigenvalue weighted by atomic mass is 10.0. The van der Waals surface area contributed by atoms with Gasteiger partial charge in [0.05, 0.1) is 12.0 Å². The third-order valence-corrected chi connectivity index (χ3v) is 4.47. The van der Waals surface area contributed by atoms with Crippen LogP contribution in [0.1, 0.15) is 30.9 Å². The first kappa shape index (κ1) is 13.4. The van der Waals surface area contributed by atoms with E-state index in [1.807, 2.05) is 29.2 Å². The average Bonchev–Trinajstić information content (AvgIpc) is 3.07. The predicted octanol–water partition coefficient (Wildman–Crippen LogP) is 2.14. The molecule has 2 fully saturated rings. The zero-order valence-corrected chi connectivity index (χ0v) is 11.9. The summed E-state index contributed by atoms with van der Waals surface area (Å²) in [6.07, 6.45) is 2.23. The van der Waals surface area contributed by atoms with Gasteiger partial charge in [0.25, 0.3) is 0 Å². The highest BCUT2D eigenvalue weighted by atomic mass is 35.5. The number of benzene rings is 1. The van der Waals surface area contributed by atoms with Gasteiger partial charge in [-0.05, 0) is 24.5 Å². The van der Waals surface area contributed by atoms with E-state index in [2.05, 4.69) is 5.32 Å². The molecule has 4 nitrogen and oxygen atoms in total. The van der Waals surface area contributed by atoms with Crippen LogP contribution in [0.5, 0.6) is 0 Å². The predicted molar refractivity (Wildman–Crippen MR) is 76.3 cm³/mol. The van der Waals surface area contributed by atoms with Crippen LogP contribution < -0.4 is 5.32 Å². The first-order chi connectivity index (χ1) is 9.66. The van der Waals surface area contributed by atoms with Crippen molar-refractivity contribution in [2.24, 2.45) is 5.92 Å². The molecule has 2 unspecified atom stereocenters. The second-order valence-corrected chi connectivity index (χ2v) is 5.82. The van der Waals surface area contributed by atoms with Gasteiger partial charge in [0.1, 0.15) is 0 Å². The molecule has 5 heteroatoms. The smallest absolute Gasteiger partial charge is 0.228 e. The fourth-order valence-electron chi connectivity index (χ4n) is 3.11. The highest BCUT2D eigenvalue weighted by Gasteiger charge is 2.37. The van der Waals surface area contributed by atoms with Gasteiger partial charge in [0.15, 0.2) is 0 Å². The van der Waals surface area contributed by atoms with Crippen molar-refractivity contribution in [3.05, 3.63) is 34.9 Å². The summed E-state index contributed by atoms with van der Waals surface area (Å²) in [4.78, 5) is 25.7. The van der Waals surface area contributed by atoms with E-state index in [0.717, 1.165) is 24.9 Å². The van der Waals surface area contributed by atoms with Gasteiger partial charge in [-0.15, -0.1) is 0 Å². The average molecular weight is 293 g/mol. The Morgan fingerprint density at radius 2 is 2.15 bits per heavy atom. The Labute approximate surface area is 123 Å². The summed E-state index contributed by atoms with van der Waals surface area (Å²) < 4.78 is 0. The lowest BCUT2D eigenvalue weighted by Gasteiger charge is -2.27. The molecule has 2 amide bonds. The molecule has 0 aromatic heterocycles. The lowest BCUT2D eigenvalue weighted by molar-refractivity contribution is -0.136. The van der Waals surface area contributed by atoms with Crippen molar-refractivity contribution in [3.63, 3.8) is 0 Å². The number of carbonyl (C=O) groups excluding carboxylic acids is 2. The Kier molecular flexibility index (Phi) is 3.66. The van der Waals surface area contributed by atoms with Crippen LogP contribution in [0.3, 0.4) is 0 Å². The monoisotopic (exact) mass is 292 g/mol. The van der Waals surface area contributed by atoms with Crippen LogP contribution >= 0.6 is 11.6 Å². The molecule has 20 heavy (non-hydrogen) atoms. The molecule has 2 aliphatic heterocycles. The van der Waals surface area contributed by atoms with E-state index < -0.39 is 0 Å². The van der Waals surface area contributed by atoms with Gasteiger partial charge < -0.3 is 10.2 Å². The van der Waals surface area contributed by atoms with Crippen molar-refractivity contribution in [1.82, 2.24) is 10.2 Å². The first-order valence-corrected chi connectivity index (χ1v) is 7.36. The summed E-state index contributed by atoms with van der Waals surface area (Å²) in [6, 6.07) is 7.73. The van der Waals surface area contributed by atoms with Crippen molar-refractivity contribution < 1.29 is 9.59 Å². The van der Waals surface area contributed by atoms with Gasteiger partial charge in [-0.25, -0.2) is 0 Å². The number of halogens is 1. The normalized spacial score (nSPS) is 25.9. The van der Waals surface area contributed by atoms with Crippen molar-refractivity contribution in [3.8, 4) is 0 Å². The van der Waals surface area contributed by atoms with Crippen LogP contribution in [0.4, 0.5) is 0 Å². The third kappa shape index (κ3) is 2.40. The fraction of sp³-hybridized carbons (Fsp3) is 0.467. The minimum Gasteiger partial charge on any atom is -0.355 e. The minimum atomic E-state index is -0.217. The number of hydrogen-bond acceptors (Lipinski definition) is 2. The van der Waals surface area contributed by atoms with Gasteiger partial charge in [-0.2, -0.15) is 0 Å². The summed E-state index contributed by atoms with van der Waals surface area (Å²) in [6.45, 7) is 1.21. The molecule has 2 heterocycles. The number of nitrogens with one attached hydrogen (secondary N) is 1. The number of rotatable bonds is 2. The van der Waals surface area contributed by atoms with Crippen LogP contribution in [0.25, 0.3) is 0 Å². The van der Waals surface area contributed by atoms with Gasteiger partial charge in [0.2, 0.25) is 11.8 Å². The maximum atomic E-state index is 12.6. The molecule has 0 spiro atoms. The Hall–Kier alpha value is -1.55. The molecule has 3 rings (SSSR count). The van der Waals surface area contributed by atoms with E-state index in [0.29, 0.717) is 18.0 Å². The second-order valence-electron chi connectivity index (χ2n) is 5.42. The summed E-state index contributed by atoms with van der Waals surface area (Å²) >= 11 is 6.25.